The van der Waals surface area contributed by atoms with E-state index in [2.05, 4.69) is 16.4 Å². The second-order valence-electron chi connectivity index (χ2n) is 7.39. The van der Waals surface area contributed by atoms with Crippen LogP contribution in [-0.4, -0.2) is 19.2 Å². The van der Waals surface area contributed by atoms with Gasteiger partial charge in [0.15, 0.2) is 11.5 Å². The molecule has 0 amide bonds. The van der Waals surface area contributed by atoms with Gasteiger partial charge in [-0.2, -0.15) is 10.2 Å². The zero-order valence-corrected chi connectivity index (χ0v) is 19.6. The van der Waals surface area contributed by atoms with Crippen LogP contribution in [0.2, 0.25) is 5.02 Å². The van der Waals surface area contributed by atoms with Crippen molar-refractivity contribution >= 4 is 17.5 Å². The highest BCUT2D eigenvalue weighted by Crippen LogP contribution is 2.34. The molecule has 3 aromatic carbocycles. The molecule has 7 nitrogen and oxygen atoms in total. The Hall–Kier alpha value is -4.15. The number of ether oxygens (including phenoxy) is 3. The number of nitrogens with one attached hydrogen (secondary N) is 1. The van der Waals surface area contributed by atoms with E-state index in [0.717, 1.165) is 16.9 Å². The molecule has 1 aromatic heterocycles. The molecule has 172 valence electrons. The Labute approximate surface area is 202 Å². The number of aromatic nitrogens is 1. The maximum atomic E-state index is 9.49. The van der Waals surface area contributed by atoms with E-state index in [1.54, 1.807) is 32.4 Å². The summed E-state index contributed by atoms with van der Waals surface area (Å²) in [5.41, 5.74) is 2.77. The second-order valence-corrected chi connectivity index (χ2v) is 7.80. The van der Waals surface area contributed by atoms with E-state index in [-0.39, 0.29) is 5.69 Å². The first kappa shape index (κ1) is 23.0. The fourth-order valence-electron chi connectivity index (χ4n) is 3.28. The van der Waals surface area contributed by atoms with E-state index < -0.39 is 0 Å². The third-order valence-electron chi connectivity index (χ3n) is 5.11. The molecule has 8 heteroatoms. The molecule has 0 spiro atoms. The Balaban J connectivity index is 1.45. The molecule has 1 heterocycles. The van der Waals surface area contributed by atoms with E-state index in [9.17, 15) is 5.26 Å². The van der Waals surface area contributed by atoms with Crippen LogP contribution in [-0.2, 0) is 6.54 Å². The van der Waals surface area contributed by atoms with Crippen molar-refractivity contribution in [2.45, 2.75) is 13.5 Å². The van der Waals surface area contributed by atoms with Crippen molar-refractivity contribution < 1.29 is 18.6 Å². The summed E-state index contributed by atoms with van der Waals surface area (Å²) in [7, 11) is 3.12. The Morgan fingerprint density at radius 3 is 2.38 bits per heavy atom. The number of nitrogens with zero attached hydrogens (tertiary/aromatic N) is 2. The molecule has 0 aliphatic carbocycles. The molecular formula is C26H22ClN3O4. The van der Waals surface area contributed by atoms with Gasteiger partial charge in [0.1, 0.15) is 17.6 Å². The van der Waals surface area contributed by atoms with Gasteiger partial charge in [-0.25, -0.2) is 0 Å². The first-order valence-electron chi connectivity index (χ1n) is 10.4. The minimum Gasteiger partial charge on any atom is -0.493 e. The number of methoxy groups -OCH3 is 2. The van der Waals surface area contributed by atoms with Crippen LogP contribution in [0, 0.1) is 18.3 Å². The number of anilines is 1. The van der Waals surface area contributed by atoms with E-state index in [0.29, 0.717) is 46.2 Å². The molecule has 4 rings (SSSR count). The molecule has 34 heavy (non-hydrogen) atoms. The molecule has 0 atom stereocenters. The highest BCUT2D eigenvalue weighted by molar-refractivity contribution is 6.31. The largest absolute Gasteiger partial charge is 0.493 e. The smallest absolute Gasteiger partial charge is 0.232 e. The lowest BCUT2D eigenvalue weighted by molar-refractivity contribution is 0.355. The highest BCUT2D eigenvalue weighted by Gasteiger charge is 2.16. The molecule has 0 saturated heterocycles. The van der Waals surface area contributed by atoms with Gasteiger partial charge < -0.3 is 23.9 Å². The number of hydrogen-bond donors (Lipinski definition) is 1. The van der Waals surface area contributed by atoms with Crippen LogP contribution in [0.1, 0.15) is 16.8 Å². The van der Waals surface area contributed by atoms with E-state index in [1.807, 2.05) is 49.4 Å². The van der Waals surface area contributed by atoms with E-state index in [4.69, 9.17) is 30.2 Å². The van der Waals surface area contributed by atoms with Crippen LogP contribution in [0.4, 0.5) is 5.88 Å². The van der Waals surface area contributed by atoms with E-state index in [1.165, 1.54) is 0 Å². The Morgan fingerprint density at radius 2 is 1.71 bits per heavy atom. The van der Waals surface area contributed by atoms with Crippen molar-refractivity contribution in [3.8, 4) is 40.5 Å². The van der Waals surface area contributed by atoms with Gasteiger partial charge in [0.25, 0.3) is 0 Å². The molecular weight excluding hydrogens is 454 g/mol. The number of benzene rings is 3. The summed E-state index contributed by atoms with van der Waals surface area (Å²) >= 11 is 6.07. The SMILES string of the molecule is COc1ccc(-c2nc(C#N)c(NCc3ccc(Oc4ccc(Cl)c(C)c4)cc3)o2)cc1OC. The zero-order chi connectivity index (χ0) is 24.1. The van der Waals surface area contributed by atoms with Crippen LogP contribution >= 0.6 is 11.6 Å². The maximum Gasteiger partial charge on any atom is 0.232 e. The number of nitriles is 1. The molecule has 0 aliphatic heterocycles. The molecule has 0 radical (unpaired) electrons. The minimum absolute atomic E-state index is 0.169. The quantitative estimate of drug-likeness (QED) is 0.307. The Kier molecular flexibility index (Phi) is 6.90. The van der Waals surface area contributed by atoms with Gasteiger partial charge in [-0.1, -0.05) is 23.7 Å². The number of rotatable bonds is 8. The highest BCUT2D eigenvalue weighted by atomic mass is 35.5. The van der Waals surface area contributed by atoms with Gasteiger partial charge in [0.05, 0.1) is 14.2 Å². The molecule has 1 N–H and O–H groups in total. The van der Waals surface area contributed by atoms with Gasteiger partial charge in [-0.15, -0.1) is 0 Å². The van der Waals surface area contributed by atoms with Crippen LogP contribution < -0.4 is 19.5 Å². The predicted octanol–water partition coefficient (Wildman–Crippen LogP) is 6.60. The fourth-order valence-corrected chi connectivity index (χ4v) is 3.40. The Bertz CT molecular complexity index is 1340. The molecule has 0 unspecified atom stereocenters. The van der Waals surface area contributed by atoms with Gasteiger partial charge >= 0.3 is 0 Å². The number of halogens is 1. The lowest BCUT2D eigenvalue weighted by atomic mass is 10.2. The maximum absolute atomic E-state index is 9.49. The molecule has 0 bridgehead atoms. The van der Waals surface area contributed by atoms with E-state index >= 15 is 0 Å². The summed E-state index contributed by atoms with van der Waals surface area (Å²) in [6, 6.07) is 20.5. The van der Waals surface area contributed by atoms with Crippen LogP contribution in [0.25, 0.3) is 11.5 Å². The van der Waals surface area contributed by atoms with Crippen molar-refractivity contribution in [3.63, 3.8) is 0 Å². The summed E-state index contributed by atoms with van der Waals surface area (Å²) in [5, 5.41) is 13.3. The molecule has 0 saturated carbocycles. The van der Waals surface area contributed by atoms with Gasteiger partial charge in [0, 0.05) is 17.1 Å². The van der Waals surface area contributed by atoms with Crippen LogP contribution in [0.5, 0.6) is 23.0 Å². The second kappa shape index (κ2) is 10.2. The van der Waals surface area contributed by atoms with Gasteiger partial charge in [-0.3, -0.25) is 0 Å². The lowest BCUT2D eigenvalue weighted by Gasteiger charge is -2.09. The number of oxazole rings is 1. The summed E-state index contributed by atoms with van der Waals surface area (Å²) in [6.07, 6.45) is 0. The van der Waals surface area contributed by atoms with Crippen LogP contribution in [0.3, 0.4) is 0 Å². The van der Waals surface area contributed by atoms with Crippen molar-refractivity contribution in [3.05, 3.63) is 82.5 Å². The van der Waals surface area contributed by atoms with Crippen molar-refractivity contribution in [1.82, 2.24) is 4.98 Å². The fraction of sp³-hybridized carbons (Fsp3) is 0.154. The van der Waals surface area contributed by atoms with Crippen molar-refractivity contribution in [2.75, 3.05) is 19.5 Å². The summed E-state index contributed by atoms with van der Waals surface area (Å²) in [4.78, 5) is 4.30. The van der Waals surface area contributed by atoms with Gasteiger partial charge in [-0.05, 0) is 66.6 Å². The predicted molar refractivity (Wildman–Crippen MR) is 130 cm³/mol. The standard InChI is InChI=1S/C26H22ClN3O4/c1-16-12-20(9-10-21(16)27)33-19-7-4-17(5-8-19)15-29-26-22(14-28)30-25(34-26)18-6-11-23(31-2)24(13-18)32-3/h4-13,29H,15H2,1-3H3. The summed E-state index contributed by atoms with van der Waals surface area (Å²) < 4.78 is 22.3. The van der Waals surface area contributed by atoms with Gasteiger partial charge in [0.2, 0.25) is 17.5 Å². The van der Waals surface area contributed by atoms with Crippen LogP contribution in [0.15, 0.2) is 65.1 Å². The third kappa shape index (κ3) is 5.08. The monoisotopic (exact) mass is 475 g/mol. The number of hydrogen-bond acceptors (Lipinski definition) is 7. The topological polar surface area (TPSA) is 89.5 Å². The lowest BCUT2D eigenvalue weighted by Crippen LogP contribution is -1.99. The summed E-state index contributed by atoms with van der Waals surface area (Å²) in [5.74, 6) is 3.17. The molecule has 4 aromatic rings. The van der Waals surface area contributed by atoms with Crippen molar-refractivity contribution in [2.24, 2.45) is 0 Å². The third-order valence-corrected chi connectivity index (χ3v) is 5.53. The average Bonchev–Trinajstić information content (AvgIpc) is 3.28. The number of aryl methyl sites for hydroxylation is 1. The average molecular weight is 476 g/mol. The molecule has 0 aliphatic rings. The first-order chi connectivity index (χ1) is 16.5. The molecule has 0 fully saturated rings. The Morgan fingerprint density at radius 1 is 0.971 bits per heavy atom. The zero-order valence-electron chi connectivity index (χ0n) is 18.9. The summed E-state index contributed by atoms with van der Waals surface area (Å²) in [6.45, 7) is 2.37. The first-order valence-corrected chi connectivity index (χ1v) is 10.8. The van der Waals surface area contributed by atoms with Crippen molar-refractivity contribution in [1.29, 1.82) is 5.26 Å². The minimum atomic E-state index is 0.169. The normalized spacial score (nSPS) is 10.4.